The summed E-state index contributed by atoms with van der Waals surface area (Å²) < 4.78 is 1.78. The third kappa shape index (κ3) is 2.54. The summed E-state index contributed by atoms with van der Waals surface area (Å²) in [4.78, 5) is 4.43. The van der Waals surface area contributed by atoms with E-state index in [0.29, 0.717) is 12.3 Å². The molecule has 2 N–H and O–H groups in total. The van der Waals surface area contributed by atoms with Gasteiger partial charge in [-0.15, -0.1) is 0 Å². The summed E-state index contributed by atoms with van der Waals surface area (Å²) in [5, 5.41) is 18.6. The molecule has 3 rings (SSSR count). The first-order chi connectivity index (χ1) is 10.0. The van der Waals surface area contributed by atoms with E-state index in [4.69, 9.17) is 0 Å². The number of benzene rings is 1. The highest BCUT2D eigenvalue weighted by Crippen LogP contribution is 2.22. The van der Waals surface area contributed by atoms with Crippen LogP contribution in [-0.2, 0) is 13.6 Å². The zero-order valence-electron chi connectivity index (χ0n) is 12.4. The number of pyridine rings is 1. The number of aromatic hydroxyl groups is 1. The van der Waals surface area contributed by atoms with Gasteiger partial charge in [-0.3, -0.25) is 4.68 Å². The van der Waals surface area contributed by atoms with Crippen molar-refractivity contribution < 1.29 is 5.11 Å². The van der Waals surface area contributed by atoms with Gasteiger partial charge < -0.3 is 10.4 Å². The van der Waals surface area contributed by atoms with E-state index in [0.717, 1.165) is 33.5 Å². The first-order valence-corrected chi connectivity index (χ1v) is 6.86. The van der Waals surface area contributed by atoms with E-state index in [1.807, 2.05) is 39.1 Å². The number of nitrogens with one attached hydrogen (secondary N) is 1. The fraction of sp³-hybridized carbons (Fsp3) is 0.250. The average Bonchev–Trinajstić information content (AvgIpc) is 2.75. The van der Waals surface area contributed by atoms with Crippen LogP contribution >= 0.6 is 0 Å². The number of phenols is 1. The Labute approximate surface area is 123 Å². The van der Waals surface area contributed by atoms with Gasteiger partial charge in [-0.2, -0.15) is 5.10 Å². The lowest BCUT2D eigenvalue weighted by molar-refractivity contribution is 0.469. The van der Waals surface area contributed by atoms with Crippen molar-refractivity contribution in [2.24, 2.45) is 7.05 Å². The minimum atomic E-state index is 0.305. The molecule has 0 atom stereocenters. The first-order valence-electron chi connectivity index (χ1n) is 6.86. The van der Waals surface area contributed by atoms with Crippen LogP contribution in [-0.4, -0.2) is 19.9 Å². The van der Waals surface area contributed by atoms with Crippen molar-refractivity contribution in [2.75, 3.05) is 5.32 Å². The molecule has 0 bridgehead atoms. The molecular weight excluding hydrogens is 264 g/mol. The standard InChI is InChI=1S/C16H18N4O/c1-10-4-5-15(21)12(6-10)8-17-13-7-14-11(2)19-20(3)16(14)18-9-13/h4-7,9,17,21H,8H2,1-3H3. The van der Waals surface area contributed by atoms with E-state index >= 15 is 0 Å². The second-order valence-corrected chi connectivity index (χ2v) is 5.29. The second kappa shape index (κ2) is 5.09. The first kappa shape index (κ1) is 13.4. The zero-order valence-corrected chi connectivity index (χ0v) is 12.4. The second-order valence-electron chi connectivity index (χ2n) is 5.29. The van der Waals surface area contributed by atoms with Crippen LogP contribution in [0.25, 0.3) is 11.0 Å². The van der Waals surface area contributed by atoms with Crippen LogP contribution in [0.5, 0.6) is 5.75 Å². The number of phenolic OH excluding ortho intramolecular Hbond substituents is 1. The largest absolute Gasteiger partial charge is 0.508 e. The Morgan fingerprint density at radius 1 is 1.24 bits per heavy atom. The molecule has 0 saturated carbocycles. The predicted molar refractivity (Wildman–Crippen MR) is 83.4 cm³/mol. The number of rotatable bonds is 3. The summed E-state index contributed by atoms with van der Waals surface area (Å²) in [5.74, 6) is 0.305. The number of nitrogens with zero attached hydrogens (tertiary/aromatic N) is 3. The van der Waals surface area contributed by atoms with Crippen molar-refractivity contribution >= 4 is 16.7 Å². The van der Waals surface area contributed by atoms with Crippen LogP contribution in [0.2, 0.25) is 0 Å². The van der Waals surface area contributed by atoms with Crippen LogP contribution in [0.1, 0.15) is 16.8 Å². The van der Waals surface area contributed by atoms with Crippen LogP contribution in [0.4, 0.5) is 5.69 Å². The van der Waals surface area contributed by atoms with Crippen LogP contribution in [0, 0.1) is 13.8 Å². The summed E-state index contributed by atoms with van der Waals surface area (Å²) in [6, 6.07) is 7.63. The summed E-state index contributed by atoms with van der Waals surface area (Å²) in [7, 11) is 1.89. The minimum absolute atomic E-state index is 0.305. The van der Waals surface area contributed by atoms with Crippen molar-refractivity contribution in [1.29, 1.82) is 0 Å². The highest BCUT2D eigenvalue weighted by atomic mass is 16.3. The average molecular weight is 282 g/mol. The Morgan fingerprint density at radius 3 is 2.86 bits per heavy atom. The van der Waals surface area contributed by atoms with Crippen molar-refractivity contribution in [2.45, 2.75) is 20.4 Å². The summed E-state index contributed by atoms with van der Waals surface area (Å²) in [6.45, 7) is 4.54. The summed E-state index contributed by atoms with van der Waals surface area (Å²) in [5.41, 5.74) is 4.75. The Morgan fingerprint density at radius 2 is 2.05 bits per heavy atom. The van der Waals surface area contributed by atoms with E-state index in [9.17, 15) is 5.11 Å². The van der Waals surface area contributed by atoms with Crippen LogP contribution in [0.15, 0.2) is 30.5 Å². The van der Waals surface area contributed by atoms with Gasteiger partial charge in [0.15, 0.2) is 5.65 Å². The molecule has 1 aromatic carbocycles. The molecule has 0 aliphatic rings. The number of anilines is 1. The molecule has 0 unspecified atom stereocenters. The number of fused-ring (bicyclic) bond motifs is 1. The van der Waals surface area contributed by atoms with Gasteiger partial charge in [0, 0.05) is 24.5 Å². The fourth-order valence-electron chi connectivity index (χ4n) is 2.46. The van der Waals surface area contributed by atoms with Gasteiger partial charge in [0.05, 0.1) is 17.6 Å². The highest BCUT2D eigenvalue weighted by molar-refractivity contribution is 5.81. The Bertz CT molecular complexity index is 807. The zero-order chi connectivity index (χ0) is 15.0. The maximum Gasteiger partial charge on any atom is 0.157 e. The van der Waals surface area contributed by atoms with Crippen molar-refractivity contribution in [3.8, 4) is 5.75 Å². The molecular formula is C16H18N4O. The number of aryl methyl sites for hydroxylation is 3. The molecule has 21 heavy (non-hydrogen) atoms. The highest BCUT2D eigenvalue weighted by Gasteiger charge is 2.07. The molecule has 2 aromatic heterocycles. The maximum atomic E-state index is 9.86. The lowest BCUT2D eigenvalue weighted by Crippen LogP contribution is -2.01. The molecule has 0 spiro atoms. The van der Waals surface area contributed by atoms with Crippen molar-refractivity contribution in [3.05, 3.63) is 47.3 Å². The van der Waals surface area contributed by atoms with E-state index in [-0.39, 0.29) is 0 Å². The van der Waals surface area contributed by atoms with Gasteiger partial charge in [-0.25, -0.2) is 4.98 Å². The smallest absolute Gasteiger partial charge is 0.157 e. The van der Waals surface area contributed by atoms with E-state index < -0.39 is 0 Å². The lowest BCUT2D eigenvalue weighted by atomic mass is 10.1. The fourth-order valence-corrected chi connectivity index (χ4v) is 2.46. The lowest BCUT2D eigenvalue weighted by Gasteiger charge is -2.09. The third-order valence-corrected chi connectivity index (χ3v) is 3.58. The van der Waals surface area contributed by atoms with E-state index in [1.165, 1.54) is 0 Å². The molecule has 3 aromatic rings. The Hall–Kier alpha value is -2.56. The van der Waals surface area contributed by atoms with Crippen molar-refractivity contribution in [1.82, 2.24) is 14.8 Å². The Balaban J connectivity index is 1.85. The molecule has 0 radical (unpaired) electrons. The van der Waals surface area contributed by atoms with E-state index in [2.05, 4.69) is 15.4 Å². The molecule has 0 amide bonds. The monoisotopic (exact) mass is 282 g/mol. The van der Waals surface area contributed by atoms with Crippen LogP contribution < -0.4 is 5.32 Å². The predicted octanol–water partition coefficient (Wildman–Crippen LogP) is 2.90. The summed E-state index contributed by atoms with van der Waals surface area (Å²) >= 11 is 0. The van der Waals surface area contributed by atoms with Crippen molar-refractivity contribution in [3.63, 3.8) is 0 Å². The van der Waals surface area contributed by atoms with Gasteiger partial charge in [0.1, 0.15) is 5.75 Å². The topological polar surface area (TPSA) is 63.0 Å². The minimum Gasteiger partial charge on any atom is -0.508 e. The molecule has 108 valence electrons. The van der Waals surface area contributed by atoms with Crippen LogP contribution in [0.3, 0.4) is 0 Å². The van der Waals surface area contributed by atoms with Gasteiger partial charge in [0.25, 0.3) is 0 Å². The maximum absolute atomic E-state index is 9.86. The molecule has 0 aliphatic carbocycles. The molecule has 5 nitrogen and oxygen atoms in total. The number of aromatic nitrogens is 3. The quantitative estimate of drug-likeness (QED) is 0.775. The summed E-state index contributed by atoms with van der Waals surface area (Å²) in [6.07, 6.45) is 1.79. The molecule has 5 heteroatoms. The SMILES string of the molecule is Cc1ccc(O)c(CNc2cnc3c(c2)c(C)nn3C)c1. The Kier molecular flexibility index (Phi) is 3.25. The van der Waals surface area contributed by atoms with Gasteiger partial charge in [-0.1, -0.05) is 17.7 Å². The number of hydrogen-bond acceptors (Lipinski definition) is 4. The van der Waals surface area contributed by atoms with Gasteiger partial charge in [-0.05, 0) is 26.0 Å². The van der Waals surface area contributed by atoms with E-state index in [1.54, 1.807) is 16.9 Å². The normalized spacial score (nSPS) is 11.0. The number of hydrogen-bond donors (Lipinski definition) is 2. The molecule has 0 aliphatic heterocycles. The van der Waals surface area contributed by atoms with Gasteiger partial charge >= 0.3 is 0 Å². The molecule has 0 saturated heterocycles. The van der Waals surface area contributed by atoms with Gasteiger partial charge in [0.2, 0.25) is 0 Å². The molecule has 0 fully saturated rings. The molecule has 2 heterocycles. The third-order valence-electron chi connectivity index (χ3n) is 3.58.